The van der Waals surface area contributed by atoms with E-state index in [-0.39, 0.29) is 6.61 Å². The monoisotopic (exact) mass is 418 g/mol. The van der Waals surface area contributed by atoms with E-state index in [0.29, 0.717) is 37.0 Å². The molecule has 0 N–H and O–H groups in total. The van der Waals surface area contributed by atoms with Gasteiger partial charge in [0, 0.05) is 37.0 Å². The SMILES string of the molecule is CCP(=O)(CC)OCC(OP(=O)(CC)CC)C(C)OP(=O)(CC)CC. The van der Waals surface area contributed by atoms with Crippen molar-refractivity contribution in [3.05, 3.63) is 0 Å². The molecule has 2 atom stereocenters. The van der Waals surface area contributed by atoms with Gasteiger partial charge in [0.2, 0.25) is 22.1 Å². The van der Waals surface area contributed by atoms with E-state index in [9.17, 15) is 13.7 Å². The van der Waals surface area contributed by atoms with Crippen molar-refractivity contribution in [3.8, 4) is 0 Å². The molecule has 0 saturated heterocycles. The van der Waals surface area contributed by atoms with Crippen LogP contribution in [-0.4, -0.2) is 55.8 Å². The Kier molecular flexibility index (Phi) is 11.7. The predicted octanol–water partition coefficient (Wildman–Crippen LogP) is 5.75. The number of hydrogen-bond acceptors (Lipinski definition) is 6. The Balaban J connectivity index is 5.34. The summed E-state index contributed by atoms with van der Waals surface area (Å²) in [4.78, 5) is 0. The first-order chi connectivity index (χ1) is 11.6. The lowest BCUT2D eigenvalue weighted by Crippen LogP contribution is -2.33. The fourth-order valence-electron chi connectivity index (χ4n) is 2.23. The Morgan fingerprint density at radius 2 is 1.00 bits per heavy atom. The molecule has 0 radical (unpaired) electrons. The third-order valence-corrected chi connectivity index (χ3v) is 12.3. The molecule has 0 saturated carbocycles. The number of rotatable bonds is 14. The van der Waals surface area contributed by atoms with E-state index in [0.717, 1.165) is 0 Å². The van der Waals surface area contributed by atoms with Crippen LogP contribution in [-0.2, 0) is 27.3 Å². The molecule has 0 aliphatic carbocycles. The van der Waals surface area contributed by atoms with Crippen LogP contribution in [0.25, 0.3) is 0 Å². The maximum Gasteiger partial charge on any atom is 0.203 e. The van der Waals surface area contributed by atoms with Crippen LogP contribution in [0.2, 0.25) is 0 Å². The largest absolute Gasteiger partial charge is 0.326 e. The van der Waals surface area contributed by atoms with Crippen LogP contribution < -0.4 is 0 Å². The molecule has 0 heterocycles. The average molecular weight is 418 g/mol. The predicted molar refractivity (Wildman–Crippen MR) is 107 cm³/mol. The summed E-state index contributed by atoms with van der Waals surface area (Å²) >= 11 is 0. The van der Waals surface area contributed by atoms with Crippen molar-refractivity contribution in [3.63, 3.8) is 0 Å². The second-order valence-electron chi connectivity index (χ2n) is 6.09. The van der Waals surface area contributed by atoms with Crippen LogP contribution >= 0.6 is 22.1 Å². The molecule has 0 fully saturated rings. The summed E-state index contributed by atoms with van der Waals surface area (Å²) < 4.78 is 55.3. The molecule has 2 unspecified atom stereocenters. The van der Waals surface area contributed by atoms with Gasteiger partial charge in [-0.05, 0) is 6.92 Å². The molecule has 152 valence electrons. The highest BCUT2D eigenvalue weighted by molar-refractivity contribution is 7.59. The topological polar surface area (TPSA) is 78.9 Å². The summed E-state index contributed by atoms with van der Waals surface area (Å²) in [6, 6.07) is 0. The molecule has 0 aliphatic rings. The van der Waals surface area contributed by atoms with Gasteiger partial charge in [-0.15, -0.1) is 0 Å². The van der Waals surface area contributed by atoms with Crippen molar-refractivity contribution < 1.29 is 27.3 Å². The fraction of sp³-hybridized carbons (Fsp3) is 1.00. The van der Waals surface area contributed by atoms with Crippen LogP contribution in [0.3, 0.4) is 0 Å². The lowest BCUT2D eigenvalue weighted by atomic mass is 10.2. The molecule has 0 aromatic carbocycles. The van der Waals surface area contributed by atoms with Crippen LogP contribution in [0.4, 0.5) is 0 Å². The first-order valence-electron chi connectivity index (χ1n) is 9.31. The fourth-order valence-corrected chi connectivity index (χ4v) is 6.42. The lowest BCUT2D eigenvalue weighted by Gasteiger charge is -2.31. The van der Waals surface area contributed by atoms with Gasteiger partial charge in [-0.25, -0.2) is 0 Å². The molecule has 0 spiro atoms. The highest BCUT2D eigenvalue weighted by Crippen LogP contribution is 2.52. The van der Waals surface area contributed by atoms with Gasteiger partial charge < -0.3 is 13.6 Å². The van der Waals surface area contributed by atoms with Gasteiger partial charge in [0.25, 0.3) is 0 Å². The summed E-state index contributed by atoms with van der Waals surface area (Å²) in [6.07, 6.45) is 1.34. The molecule has 0 amide bonds. The molecular formula is C16H37O6P3. The summed E-state index contributed by atoms with van der Waals surface area (Å²) in [7, 11) is -8.27. The second-order valence-corrected chi connectivity index (χ2v) is 15.5. The molecule has 25 heavy (non-hydrogen) atoms. The van der Waals surface area contributed by atoms with Crippen molar-refractivity contribution in [2.75, 3.05) is 43.6 Å². The summed E-state index contributed by atoms with van der Waals surface area (Å²) in [5.41, 5.74) is 0. The highest BCUT2D eigenvalue weighted by Gasteiger charge is 2.33. The van der Waals surface area contributed by atoms with Crippen LogP contribution in [0.1, 0.15) is 48.5 Å². The summed E-state index contributed by atoms with van der Waals surface area (Å²) in [6.45, 7) is 12.7. The molecule has 0 bridgehead atoms. The van der Waals surface area contributed by atoms with E-state index >= 15 is 0 Å². The molecule has 0 aromatic heterocycles. The third kappa shape index (κ3) is 8.41. The quantitative estimate of drug-likeness (QED) is 0.334. The smallest absolute Gasteiger partial charge is 0.203 e. The first-order valence-corrected chi connectivity index (χ1v) is 15.3. The standard InChI is InChI=1S/C16H37O6P3/c1-8-23(17,9-2)20-14-16(22-25(19,12-5)13-6)15(7)21-24(18,10-3)11-4/h15-16H,8-14H2,1-7H3. The number of hydrogen-bond donors (Lipinski definition) is 0. The maximum atomic E-state index is 12.8. The minimum atomic E-state index is -2.81. The Morgan fingerprint density at radius 1 is 0.640 bits per heavy atom. The molecule has 0 aliphatic heterocycles. The summed E-state index contributed by atoms with van der Waals surface area (Å²) in [5.74, 6) is 0. The highest BCUT2D eigenvalue weighted by atomic mass is 31.2. The zero-order valence-electron chi connectivity index (χ0n) is 16.9. The average Bonchev–Trinajstić information content (AvgIpc) is 2.64. The lowest BCUT2D eigenvalue weighted by molar-refractivity contribution is 0.0364. The van der Waals surface area contributed by atoms with Crippen molar-refractivity contribution in [2.24, 2.45) is 0 Å². The van der Waals surface area contributed by atoms with E-state index in [1.165, 1.54) is 0 Å². The van der Waals surface area contributed by atoms with E-state index in [2.05, 4.69) is 0 Å². The van der Waals surface area contributed by atoms with E-state index in [1.54, 1.807) is 6.92 Å². The van der Waals surface area contributed by atoms with Crippen molar-refractivity contribution in [1.29, 1.82) is 0 Å². The maximum absolute atomic E-state index is 12.8. The Hall–Kier alpha value is 0.570. The minimum absolute atomic E-state index is 0.0253. The van der Waals surface area contributed by atoms with Crippen LogP contribution in [0, 0.1) is 0 Å². The van der Waals surface area contributed by atoms with E-state index < -0.39 is 34.3 Å². The first kappa shape index (κ1) is 25.6. The van der Waals surface area contributed by atoms with Crippen LogP contribution in [0.5, 0.6) is 0 Å². The normalized spacial score (nSPS) is 16.0. The zero-order valence-corrected chi connectivity index (χ0v) is 19.6. The van der Waals surface area contributed by atoms with Gasteiger partial charge >= 0.3 is 0 Å². The van der Waals surface area contributed by atoms with Gasteiger partial charge in [-0.1, -0.05) is 41.5 Å². The zero-order chi connectivity index (χ0) is 19.7. The van der Waals surface area contributed by atoms with Gasteiger partial charge in [0.1, 0.15) is 6.10 Å². The molecular weight excluding hydrogens is 381 g/mol. The minimum Gasteiger partial charge on any atom is -0.326 e. The molecule has 6 nitrogen and oxygen atoms in total. The Morgan fingerprint density at radius 3 is 1.36 bits per heavy atom. The Labute approximate surface area is 154 Å². The van der Waals surface area contributed by atoms with Crippen molar-refractivity contribution >= 4 is 22.1 Å². The molecule has 0 aromatic rings. The van der Waals surface area contributed by atoms with E-state index in [4.69, 9.17) is 13.6 Å². The van der Waals surface area contributed by atoms with Gasteiger partial charge in [0.05, 0.1) is 12.7 Å². The summed E-state index contributed by atoms with van der Waals surface area (Å²) in [5, 5.41) is 0. The van der Waals surface area contributed by atoms with Gasteiger partial charge in [0.15, 0.2) is 0 Å². The Bertz CT molecular complexity index is 498. The molecule has 0 rings (SSSR count). The van der Waals surface area contributed by atoms with E-state index in [1.807, 2.05) is 41.5 Å². The van der Waals surface area contributed by atoms with Gasteiger partial charge in [-0.3, -0.25) is 13.7 Å². The second kappa shape index (κ2) is 11.4. The van der Waals surface area contributed by atoms with Crippen molar-refractivity contribution in [2.45, 2.75) is 60.7 Å². The van der Waals surface area contributed by atoms with Crippen molar-refractivity contribution in [1.82, 2.24) is 0 Å². The molecule has 9 heteroatoms. The van der Waals surface area contributed by atoms with Crippen LogP contribution in [0.15, 0.2) is 0 Å². The third-order valence-electron chi connectivity index (χ3n) is 4.57. The van der Waals surface area contributed by atoms with Gasteiger partial charge in [-0.2, -0.15) is 0 Å².